The van der Waals surface area contributed by atoms with Crippen LogP contribution in [0.25, 0.3) is 11.1 Å². The first kappa shape index (κ1) is 25.5. The number of Topliss-reactive ketones (excluding diaryl/α,β-unsaturated/α-hetero) is 4. The van der Waals surface area contributed by atoms with Crippen LogP contribution in [0.3, 0.4) is 0 Å². The Labute approximate surface area is 209 Å². The molecule has 7 nitrogen and oxygen atoms in total. The van der Waals surface area contributed by atoms with Crippen molar-refractivity contribution in [1.29, 1.82) is 0 Å². The van der Waals surface area contributed by atoms with E-state index in [-0.39, 0.29) is 59.6 Å². The Hall–Kier alpha value is -3.58. The molecule has 2 aliphatic carbocycles. The lowest BCUT2D eigenvalue weighted by Gasteiger charge is -2.39. The highest BCUT2D eigenvalue weighted by molar-refractivity contribution is 6.15. The Morgan fingerprint density at radius 3 is 2.28 bits per heavy atom. The first-order valence-corrected chi connectivity index (χ1v) is 12.2. The zero-order chi connectivity index (χ0) is 26.1. The molecule has 7 heteroatoms. The van der Waals surface area contributed by atoms with Crippen molar-refractivity contribution < 1.29 is 34.5 Å². The quantitative estimate of drug-likeness (QED) is 0.478. The van der Waals surface area contributed by atoms with E-state index < -0.39 is 23.4 Å². The first-order valence-electron chi connectivity index (χ1n) is 12.2. The highest BCUT2D eigenvalue weighted by Gasteiger charge is 2.46. The van der Waals surface area contributed by atoms with Gasteiger partial charge in [0.25, 0.3) is 0 Å². The van der Waals surface area contributed by atoms with E-state index >= 15 is 0 Å². The van der Waals surface area contributed by atoms with E-state index in [2.05, 4.69) is 0 Å². The highest BCUT2D eigenvalue weighted by atomic mass is 16.3. The third-order valence-corrected chi connectivity index (χ3v) is 7.24. The maximum atomic E-state index is 13.7. The topological polar surface area (TPSA) is 129 Å². The number of carbonyl (C=O) groups is 4. The standard InChI is InChI=1S/C29H30O7/c1-15(31)11-17-3-5-18(6-4-17)21-7-8-23(33)27-22(21)14-20-13-19(9-10-30)25(24(34)12-16(2)32)28(35)26(20)29(27)36/h3-8,19-20,25,30,33,35H,9-14H2,1-2H3. The molecule has 0 saturated heterocycles. The molecule has 0 aromatic heterocycles. The molecule has 36 heavy (non-hydrogen) atoms. The van der Waals surface area contributed by atoms with Crippen molar-refractivity contribution in [3.05, 3.63) is 64.4 Å². The summed E-state index contributed by atoms with van der Waals surface area (Å²) in [5.41, 5.74) is 3.37. The molecule has 3 unspecified atom stereocenters. The van der Waals surface area contributed by atoms with Gasteiger partial charge in [-0.05, 0) is 73.3 Å². The molecule has 0 aliphatic heterocycles. The average molecular weight is 491 g/mol. The Balaban J connectivity index is 1.79. The minimum Gasteiger partial charge on any atom is -0.511 e. The maximum absolute atomic E-state index is 13.7. The molecule has 3 N–H and O–H groups in total. The highest BCUT2D eigenvalue weighted by Crippen LogP contribution is 2.48. The van der Waals surface area contributed by atoms with Crippen molar-refractivity contribution in [2.75, 3.05) is 6.61 Å². The molecule has 0 fully saturated rings. The number of fused-ring (bicyclic) bond motifs is 2. The van der Waals surface area contributed by atoms with Crippen molar-refractivity contribution in [1.82, 2.24) is 0 Å². The number of phenols is 1. The van der Waals surface area contributed by atoms with Gasteiger partial charge in [0, 0.05) is 18.6 Å². The van der Waals surface area contributed by atoms with E-state index in [9.17, 15) is 34.5 Å². The SMILES string of the molecule is CC(=O)CC(=O)C1C(O)=C2C(=O)c3c(O)ccc(-c4ccc(CC(C)=O)cc4)c3CC2CC1CCO. The van der Waals surface area contributed by atoms with Crippen LogP contribution in [0.15, 0.2) is 47.7 Å². The molecule has 4 rings (SSSR count). The van der Waals surface area contributed by atoms with Crippen molar-refractivity contribution in [2.24, 2.45) is 17.8 Å². The normalized spacial score (nSPS) is 21.1. The minimum absolute atomic E-state index is 0.0595. The number of aliphatic hydroxyl groups excluding tert-OH is 2. The summed E-state index contributed by atoms with van der Waals surface area (Å²) in [6.45, 7) is 2.64. The zero-order valence-electron chi connectivity index (χ0n) is 20.4. The van der Waals surface area contributed by atoms with Crippen LogP contribution in [0, 0.1) is 17.8 Å². The van der Waals surface area contributed by atoms with Crippen LogP contribution in [-0.4, -0.2) is 45.1 Å². The summed E-state index contributed by atoms with van der Waals surface area (Å²) < 4.78 is 0. The van der Waals surface area contributed by atoms with E-state index in [1.54, 1.807) is 6.07 Å². The number of allylic oxidation sites excluding steroid dienone is 2. The molecule has 0 spiro atoms. The molecule has 0 saturated carbocycles. The lowest BCUT2D eigenvalue weighted by molar-refractivity contribution is -0.129. The summed E-state index contributed by atoms with van der Waals surface area (Å²) in [5, 5.41) is 31.4. The van der Waals surface area contributed by atoms with Crippen molar-refractivity contribution >= 4 is 23.1 Å². The number of aromatic hydroxyl groups is 1. The van der Waals surface area contributed by atoms with Crippen LogP contribution < -0.4 is 0 Å². The molecule has 0 heterocycles. The van der Waals surface area contributed by atoms with Gasteiger partial charge in [-0.2, -0.15) is 0 Å². The maximum Gasteiger partial charge on any atom is 0.196 e. The van der Waals surface area contributed by atoms with Gasteiger partial charge < -0.3 is 15.3 Å². The number of hydrogen-bond donors (Lipinski definition) is 3. The second kappa shape index (κ2) is 10.2. The van der Waals surface area contributed by atoms with Crippen LogP contribution in [0.2, 0.25) is 0 Å². The number of carbonyl (C=O) groups excluding carboxylic acids is 4. The van der Waals surface area contributed by atoms with Crippen molar-refractivity contribution in [2.45, 2.75) is 46.0 Å². The third kappa shape index (κ3) is 4.75. The summed E-state index contributed by atoms with van der Waals surface area (Å²) >= 11 is 0. The van der Waals surface area contributed by atoms with Crippen LogP contribution >= 0.6 is 0 Å². The van der Waals surface area contributed by atoms with Gasteiger partial charge in [0.1, 0.15) is 23.1 Å². The van der Waals surface area contributed by atoms with E-state index in [0.717, 1.165) is 16.7 Å². The minimum atomic E-state index is -1.03. The smallest absolute Gasteiger partial charge is 0.196 e. The summed E-state index contributed by atoms with van der Waals surface area (Å²) in [6.07, 6.45) is 1.00. The van der Waals surface area contributed by atoms with Crippen LogP contribution in [0.4, 0.5) is 0 Å². The van der Waals surface area contributed by atoms with Crippen molar-refractivity contribution in [3.63, 3.8) is 0 Å². The Morgan fingerprint density at radius 2 is 1.67 bits per heavy atom. The second-order valence-corrected chi connectivity index (χ2v) is 9.92. The fraction of sp³-hybridized carbons (Fsp3) is 0.379. The number of rotatable bonds is 8. The molecule has 2 aliphatic rings. The van der Waals surface area contributed by atoms with Gasteiger partial charge in [-0.25, -0.2) is 0 Å². The second-order valence-electron chi connectivity index (χ2n) is 9.92. The van der Waals surface area contributed by atoms with Crippen molar-refractivity contribution in [3.8, 4) is 16.9 Å². The molecular formula is C29H30O7. The third-order valence-electron chi connectivity index (χ3n) is 7.24. The molecule has 188 valence electrons. The molecule has 2 aromatic rings. The number of phenolic OH excluding ortho intramolecular Hbond substituents is 1. The molecular weight excluding hydrogens is 460 g/mol. The van der Waals surface area contributed by atoms with Crippen LogP contribution in [0.1, 0.15) is 54.6 Å². The molecule has 0 radical (unpaired) electrons. The van der Waals surface area contributed by atoms with Gasteiger partial charge in [0.15, 0.2) is 11.6 Å². The van der Waals surface area contributed by atoms with Crippen LogP contribution in [0.5, 0.6) is 5.75 Å². The molecule has 0 bridgehead atoms. The van der Waals surface area contributed by atoms with Gasteiger partial charge in [-0.3, -0.25) is 19.2 Å². The fourth-order valence-corrected chi connectivity index (χ4v) is 5.77. The Kier molecular flexibility index (Phi) is 7.22. The van der Waals surface area contributed by atoms with E-state index in [1.165, 1.54) is 19.9 Å². The average Bonchev–Trinajstić information content (AvgIpc) is 2.79. The van der Waals surface area contributed by atoms with E-state index in [1.807, 2.05) is 24.3 Å². The monoisotopic (exact) mass is 490 g/mol. The Morgan fingerprint density at radius 1 is 0.972 bits per heavy atom. The predicted octanol–water partition coefficient (Wildman–Crippen LogP) is 3.92. The largest absolute Gasteiger partial charge is 0.511 e. The number of hydrogen-bond acceptors (Lipinski definition) is 7. The van der Waals surface area contributed by atoms with E-state index in [0.29, 0.717) is 24.8 Å². The lowest BCUT2D eigenvalue weighted by atomic mass is 9.64. The van der Waals surface area contributed by atoms with Gasteiger partial charge in [-0.1, -0.05) is 30.3 Å². The number of benzene rings is 2. The summed E-state index contributed by atoms with van der Waals surface area (Å²) in [6, 6.07) is 10.7. The summed E-state index contributed by atoms with van der Waals surface area (Å²) in [7, 11) is 0. The molecule has 0 amide bonds. The van der Waals surface area contributed by atoms with Gasteiger partial charge in [0.2, 0.25) is 0 Å². The molecule has 3 atom stereocenters. The summed E-state index contributed by atoms with van der Waals surface area (Å²) in [4.78, 5) is 49.5. The van der Waals surface area contributed by atoms with E-state index in [4.69, 9.17) is 0 Å². The number of aliphatic hydroxyl groups is 2. The first-order chi connectivity index (χ1) is 17.1. The summed E-state index contributed by atoms with van der Waals surface area (Å²) in [5.74, 6) is -3.63. The fourth-order valence-electron chi connectivity index (χ4n) is 5.77. The zero-order valence-corrected chi connectivity index (χ0v) is 20.4. The van der Waals surface area contributed by atoms with Gasteiger partial charge in [0.05, 0.1) is 17.9 Å². The van der Waals surface area contributed by atoms with Gasteiger partial charge in [-0.15, -0.1) is 0 Å². The van der Waals surface area contributed by atoms with Crippen LogP contribution in [-0.2, 0) is 27.2 Å². The van der Waals surface area contributed by atoms with Gasteiger partial charge >= 0.3 is 0 Å². The lowest BCUT2D eigenvalue weighted by Crippen LogP contribution is -2.39. The molecule has 2 aromatic carbocycles. The predicted molar refractivity (Wildman–Crippen MR) is 133 cm³/mol. The number of ketones is 4. The Bertz CT molecular complexity index is 1270.